The van der Waals surface area contributed by atoms with E-state index in [1.807, 2.05) is 38.1 Å². The number of hydrogen-bond donors (Lipinski definition) is 1. The summed E-state index contributed by atoms with van der Waals surface area (Å²) < 4.78 is 11.2. The number of benzene rings is 2. The Morgan fingerprint density at radius 3 is 2.31 bits per heavy atom. The molecule has 0 unspecified atom stereocenters. The van der Waals surface area contributed by atoms with E-state index in [1.165, 1.54) is 4.90 Å². The summed E-state index contributed by atoms with van der Waals surface area (Å²) in [6.45, 7) is 10.8. The van der Waals surface area contributed by atoms with E-state index in [4.69, 9.17) is 9.47 Å². The van der Waals surface area contributed by atoms with Crippen LogP contribution in [0.15, 0.2) is 73.3 Å². The fourth-order valence-electron chi connectivity index (χ4n) is 3.93. The van der Waals surface area contributed by atoms with E-state index in [1.54, 1.807) is 42.5 Å². The van der Waals surface area contributed by atoms with E-state index >= 15 is 0 Å². The molecule has 1 fully saturated rings. The maximum Gasteiger partial charge on any atom is 0.295 e. The zero-order valence-electron chi connectivity index (χ0n) is 20.5. The van der Waals surface area contributed by atoms with Crippen LogP contribution in [0.3, 0.4) is 0 Å². The molecule has 1 atom stereocenters. The lowest BCUT2D eigenvalue weighted by Gasteiger charge is -2.26. The van der Waals surface area contributed by atoms with Crippen molar-refractivity contribution < 1.29 is 24.2 Å². The van der Waals surface area contributed by atoms with Gasteiger partial charge < -0.3 is 24.4 Å². The van der Waals surface area contributed by atoms with Crippen molar-refractivity contribution in [3.63, 3.8) is 0 Å². The van der Waals surface area contributed by atoms with E-state index < -0.39 is 17.7 Å². The normalized spacial score (nSPS) is 17.0. The van der Waals surface area contributed by atoms with Crippen molar-refractivity contribution in [2.24, 2.45) is 0 Å². The molecule has 3 rings (SSSR count). The fraction of sp³-hybridized carbons (Fsp3) is 0.286. The Labute approximate surface area is 206 Å². The van der Waals surface area contributed by atoms with Crippen LogP contribution in [0.1, 0.15) is 22.7 Å². The summed E-state index contributed by atoms with van der Waals surface area (Å²) in [6, 6.07) is 11.6. The van der Waals surface area contributed by atoms with Gasteiger partial charge in [-0.05, 0) is 62.5 Å². The Morgan fingerprint density at radius 1 is 1.06 bits per heavy atom. The Hall–Kier alpha value is -3.84. The number of Topliss-reactive ketones (excluding diaryl/α,β-unsaturated/α-hetero) is 1. The Kier molecular flexibility index (Phi) is 8.49. The number of aliphatic hydroxyl groups excluding tert-OH is 1. The van der Waals surface area contributed by atoms with Crippen molar-refractivity contribution in [1.82, 2.24) is 9.80 Å². The molecule has 7 nitrogen and oxygen atoms in total. The van der Waals surface area contributed by atoms with Gasteiger partial charge in [0.05, 0.1) is 11.6 Å². The lowest BCUT2D eigenvalue weighted by atomic mass is 9.94. The number of likely N-dealkylation sites (N-methyl/N-ethyl adjacent to an activating group) is 1. The van der Waals surface area contributed by atoms with Gasteiger partial charge in [-0.2, -0.15) is 0 Å². The van der Waals surface area contributed by atoms with Gasteiger partial charge >= 0.3 is 0 Å². The number of carbonyl (C=O) groups is 2. The molecule has 0 saturated carbocycles. The summed E-state index contributed by atoms with van der Waals surface area (Å²) >= 11 is 0. The number of amides is 1. The summed E-state index contributed by atoms with van der Waals surface area (Å²) in [5.41, 5.74) is 2.00. The van der Waals surface area contributed by atoms with Crippen LogP contribution in [0.25, 0.3) is 5.76 Å². The number of aliphatic hydroxyl groups is 1. The highest BCUT2D eigenvalue weighted by Gasteiger charge is 2.45. The summed E-state index contributed by atoms with van der Waals surface area (Å²) in [6.07, 6.45) is 3.30. The molecular formula is C28H32N2O5. The van der Waals surface area contributed by atoms with Gasteiger partial charge in [0.25, 0.3) is 11.7 Å². The third kappa shape index (κ3) is 5.81. The summed E-state index contributed by atoms with van der Waals surface area (Å²) in [5, 5.41) is 11.3. The van der Waals surface area contributed by atoms with E-state index in [9.17, 15) is 14.7 Å². The summed E-state index contributed by atoms with van der Waals surface area (Å²) in [4.78, 5) is 29.7. The highest BCUT2D eigenvalue weighted by atomic mass is 16.5. The molecule has 7 heteroatoms. The van der Waals surface area contributed by atoms with E-state index in [2.05, 4.69) is 13.2 Å². The molecule has 1 heterocycles. The third-order valence-corrected chi connectivity index (χ3v) is 5.70. The SMILES string of the molecule is C=CCOc1ccc([C@@H]2C(=C(O)c3ccc(OCC=C)c(C)c3)C(=O)C(=O)N2CCN(C)C)cc1. The molecule has 1 saturated heterocycles. The average Bonchev–Trinajstić information content (AvgIpc) is 3.10. The number of likely N-dealkylation sites (tertiary alicyclic amines) is 1. The minimum absolute atomic E-state index is 0.0627. The molecule has 1 amide bonds. The van der Waals surface area contributed by atoms with Gasteiger partial charge in [-0.15, -0.1) is 0 Å². The maximum atomic E-state index is 13.2. The van der Waals surface area contributed by atoms with Gasteiger partial charge in [0.1, 0.15) is 30.5 Å². The zero-order valence-corrected chi connectivity index (χ0v) is 20.5. The Bertz CT molecular complexity index is 1130. The van der Waals surface area contributed by atoms with Crippen LogP contribution in [-0.4, -0.2) is 67.0 Å². The first-order valence-electron chi connectivity index (χ1n) is 11.4. The molecule has 1 aliphatic heterocycles. The van der Waals surface area contributed by atoms with Crippen LogP contribution in [-0.2, 0) is 9.59 Å². The molecule has 2 aromatic carbocycles. The van der Waals surface area contributed by atoms with E-state index in [0.29, 0.717) is 48.9 Å². The summed E-state index contributed by atoms with van der Waals surface area (Å²) in [5.74, 6) is -0.258. The minimum atomic E-state index is -0.722. The van der Waals surface area contributed by atoms with E-state index in [-0.39, 0.29) is 11.3 Å². The molecule has 1 N–H and O–H groups in total. The summed E-state index contributed by atoms with van der Waals surface area (Å²) in [7, 11) is 3.80. The standard InChI is InChI=1S/C28H32N2O5/c1-6-16-34-22-11-8-20(9-12-22)25-24(27(32)28(33)30(25)15-14-29(4)5)26(31)21-10-13-23(19(3)18-21)35-17-7-2/h6-13,18,25,31H,1-2,14-17H2,3-5H3/t25-/m1/s1. The third-order valence-electron chi connectivity index (χ3n) is 5.70. The predicted molar refractivity (Wildman–Crippen MR) is 137 cm³/mol. The second kappa shape index (κ2) is 11.5. The van der Waals surface area contributed by atoms with Crippen molar-refractivity contribution >= 4 is 17.4 Å². The molecule has 35 heavy (non-hydrogen) atoms. The molecule has 0 bridgehead atoms. The van der Waals surface area contributed by atoms with Crippen LogP contribution in [0, 0.1) is 6.92 Å². The highest BCUT2D eigenvalue weighted by Crippen LogP contribution is 2.40. The molecule has 0 aliphatic carbocycles. The monoisotopic (exact) mass is 476 g/mol. The fourth-order valence-corrected chi connectivity index (χ4v) is 3.93. The average molecular weight is 477 g/mol. The molecule has 0 spiro atoms. The second-order valence-corrected chi connectivity index (χ2v) is 8.54. The van der Waals surface area contributed by atoms with Gasteiger partial charge in [0.2, 0.25) is 0 Å². The molecular weight excluding hydrogens is 444 g/mol. The first-order valence-corrected chi connectivity index (χ1v) is 11.4. The lowest BCUT2D eigenvalue weighted by Crippen LogP contribution is -2.35. The second-order valence-electron chi connectivity index (χ2n) is 8.54. The van der Waals surface area contributed by atoms with Gasteiger partial charge in [-0.3, -0.25) is 9.59 Å². The van der Waals surface area contributed by atoms with Crippen LogP contribution in [0.2, 0.25) is 0 Å². The van der Waals surface area contributed by atoms with Crippen molar-refractivity contribution in [2.75, 3.05) is 40.4 Å². The van der Waals surface area contributed by atoms with Crippen LogP contribution in [0.4, 0.5) is 0 Å². The molecule has 2 aromatic rings. The number of ketones is 1. The van der Waals surface area contributed by atoms with Gasteiger partial charge in [-0.25, -0.2) is 0 Å². The van der Waals surface area contributed by atoms with Crippen LogP contribution < -0.4 is 9.47 Å². The first kappa shape index (κ1) is 25.8. The first-order chi connectivity index (χ1) is 16.8. The van der Waals surface area contributed by atoms with Gasteiger partial charge in [0, 0.05) is 18.7 Å². The van der Waals surface area contributed by atoms with Crippen molar-refractivity contribution in [3.8, 4) is 11.5 Å². The number of ether oxygens (including phenoxy) is 2. The maximum absolute atomic E-state index is 13.2. The lowest BCUT2D eigenvalue weighted by molar-refractivity contribution is -0.140. The Morgan fingerprint density at radius 2 is 1.71 bits per heavy atom. The van der Waals surface area contributed by atoms with Crippen molar-refractivity contribution in [2.45, 2.75) is 13.0 Å². The Balaban J connectivity index is 2.07. The predicted octanol–water partition coefficient (Wildman–Crippen LogP) is 4.11. The number of rotatable bonds is 11. The minimum Gasteiger partial charge on any atom is -0.507 e. The topological polar surface area (TPSA) is 79.3 Å². The largest absolute Gasteiger partial charge is 0.507 e. The zero-order chi connectivity index (χ0) is 25.5. The molecule has 0 aromatic heterocycles. The van der Waals surface area contributed by atoms with E-state index in [0.717, 1.165) is 5.56 Å². The van der Waals surface area contributed by atoms with Gasteiger partial charge in [0.15, 0.2) is 0 Å². The van der Waals surface area contributed by atoms with Crippen molar-refractivity contribution in [1.29, 1.82) is 0 Å². The number of aryl methyl sites for hydroxylation is 1. The van der Waals surface area contributed by atoms with Crippen LogP contribution >= 0.6 is 0 Å². The van der Waals surface area contributed by atoms with Crippen LogP contribution in [0.5, 0.6) is 11.5 Å². The smallest absolute Gasteiger partial charge is 0.295 e. The highest BCUT2D eigenvalue weighted by molar-refractivity contribution is 6.46. The number of nitrogens with zero attached hydrogens (tertiary/aromatic N) is 2. The quantitative estimate of drug-likeness (QED) is 0.228. The molecule has 0 radical (unpaired) electrons. The van der Waals surface area contributed by atoms with Gasteiger partial charge in [-0.1, -0.05) is 37.4 Å². The van der Waals surface area contributed by atoms with Crippen molar-refractivity contribution in [3.05, 3.63) is 90.0 Å². The number of hydrogen-bond acceptors (Lipinski definition) is 6. The number of carbonyl (C=O) groups excluding carboxylic acids is 2. The molecule has 184 valence electrons. The molecule has 1 aliphatic rings.